The highest BCUT2D eigenvalue weighted by Crippen LogP contribution is 2.32. The second kappa shape index (κ2) is 5.54. The zero-order valence-electron chi connectivity index (χ0n) is 11.1. The first-order chi connectivity index (χ1) is 9.36. The number of pyridine rings is 1. The fourth-order valence-electron chi connectivity index (χ4n) is 2.23. The minimum absolute atomic E-state index is 1.12. The van der Waals surface area contributed by atoms with E-state index < -0.39 is 0 Å². The molecule has 0 saturated carbocycles. The second-order valence-electron chi connectivity index (χ2n) is 4.81. The second-order valence-corrected chi connectivity index (χ2v) is 5.84. The summed E-state index contributed by atoms with van der Waals surface area (Å²) < 4.78 is 0. The van der Waals surface area contributed by atoms with Crippen molar-refractivity contribution in [3.63, 3.8) is 0 Å². The summed E-state index contributed by atoms with van der Waals surface area (Å²) in [6.45, 7) is 2.23. The first kappa shape index (κ1) is 12.4. The van der Waals surface area contributed by atoms with E-state index in [0.29, 0.717) is 0 Å². The van der Waals surface area contributed by atoms with Crippen LogP contribution in [0.1, 0.15) is 25.3 Å². The number of rotatable bonds is 4. The zero-order valence-corrected chi connectivity index (χ0v) is 11.9. The van der Waals surface area contributed by atoms with Gasteiger partial charge in [0.2, 0.25) is 0 Å². The van der Waals surface area contributed by atoms with E-state index in [1.54, 1.807) is 11.3 Å². The molecule has 0 aliphatic carbocycles. The van der Waals surface area contributed by atoms with Crippen LogP contribution in [0.25, 0.3) is 20.7 Å². The van der Waals surface area contributed by atoms with Gasteiger partial charge in [-0.15, -0.1) is 11.3 Å². The van der Waals surface area contributed by atoms with E-state index >= 15 is 0 Å². The van der Waals surface area contributed by atoms with Crippen molar-refractivity contribution >= 4 is 21.6 Å². The summed E-state index contributed by atoms with van der Waals surface area (Å²) in [5, 5.41) is 1.23. The van der Waals surface area contributed by atoms with Crippen molar-refractivity contribution in [3.05, 3.63) is 54.2 Å². The van der Waals surface area contributed by atoms with E-state index in [-0.39, 0.29) is 0 Å². The average molecular weight is 267 g/mol. The van der Waals surface area contributed by atoms with E-state index in [2.05, 4.69) is 48.3 Å². The summed E-state index contributed by atoms with van der Waals surface area (Å²) in [7, 11) is 0. The molecule has 0 aliphatic heterocycles. The van der Waals surface area contributed by atoms with E-state index in [1.807, 2.05) is 12.3 Å². The summed E-state index contributed by atoms with van der Waals surface area (Å²) in [6, 6.07) is 15.3. The highest BCUT2D eigenvalue weighted by molar-refractivity contribution is 7.21. The minimum Gasteiger partial charge on any atom is -0.245 e. The lowest BCUT2D eigenvalue weighted by Gasteiger charge is -2.01. The molecule has 0 bridgehead atoms. The normalized spacial score (nSPS) is 11.0. The Hall–Kier alpha value is -1.67. The van der Waals surface area contributed by atoms with Crippen LogP contribution in [-0.2, 0) is 6.42 Å². The van der Waals surface area contributed by atoms with Crippen LogP contribution in [0, 0.1) is 0 Å². The number of thiophene rings is 1. The molecule has 0 amide bonds. The Labute approximate surface area is 117 Å². The van der Waals surface area contributed by atoms with Gasteiger partial charge in [0.15, 0.2) is 0 Å². The molecule has 1 nitrogen and oxygen atoms in total. The number of hydrogen-bond acceptors (Lipinski definition) is 2. The number of hydrogen-bond donors (Lipinski definition) is 0. The molecule has 0 spiro atoms. The maximum absolute atomic E-state index is 4.40. The lowest BCUT2D eigenvalue weighted by Crippen LogP contribution is -1.83. The molecule has 96 valence electrons. The van der Waals surface area contributed by atoms with Gasteiger partial charge >= 0.3 is 0 Å². The number of nitrogens with zero attached hydrogens (tertiary/aromatic N) is 1. The van der Waals surface area contributed by atoms with Gasteiger partial charge < -0.3 is 0 Å². The van der Waals surface area contributed by atoms with E-state index in [4.69, 9.17) is 0 Å². The fraction of sp³-hybridized carbons (Fsp3) is 0.235. The van der Waals surface area contributed by atoms with Crippen molar-refractivity contribution in [1.29, 1.82) is 0 Å². The van der Waals surface area contributed by atoms with Crippen LogP contribution in [0.4, 0.5) is 0 Å². The Kier molecular flexibility index (Phi) is 3.60. The zero-order chi connectivity index (χ0) is 13.1. The summed E-state index contributed by atoms with van der Waals surface area (Å²) in [4.78, 5) is 6.82. The topological polar surface area (TPSA) is 12.9 Å². The lowest BCUT2D eigenvalue weighted by atomic mass is 10.1. The number of aromatic nitrogens is 1. The van der Waals surface area contributed by atoms with Crippen molar-refractivity contribution in [1.82, 2.24) is 4.98 Å². The highest BCUT2D eigenvalue weighted by atomic mass is 32.1. The summed E-state index contributed by atoms with van der Waals surface area (Å²) in [5.41, 5.74) is 2.73. The molecule has 0 radical (unpaired) electrons. The quantitative estimate of drug-likeness (QED) is 0.624. The maximum Gasteiger partial charge on any atom is 0.123 e. The van der Waals surface area contributed by atoms with Gasteiger partial charge in [0.1, 0.15) is 4.83 Å². The molecule has 0 fully saturated rings. The molecule has 0 aliphatic rings. The standard InChI is InChI=1S/C17H17NS/c1-2-3-5-13-7-9-14(10-8-13)16-12-15-6-4-11-18-17(15)19-16/h4,6-12H,2-3,5H2,1H3. The molecule has 2 heteroatoms. The number of unbranched alkanes of at least 4 members (excludes halogenated alkanes) is 1. The Balaban J connectivity index is 1.88. The smallest absolute Gasteiger partial charge is 0.123 e. The Bertz CT molecular complexity index is 634. The van der Waals surface area contributed by atoms with Crippen LogP contribution in [0.3, 0.4) is 0 Å². The lowest BCUT2D eigenvalue weighted by molar-refractivity contribution is 0.795. The van der Waals surface area contributed by atoms with Crippen molar-refractivity contribution < 1.29 is 0 Å². The third-order valence-corrected chi connectivity index (χ3v) is 4.46. The Morgan fingerprint density at radius 3 is 2.68 bits per heavy atom. The van der Waals surface area contributed by atoms with Gasteiger partial charge in [0.25, 0.3) is 0 Å². The van der Waals surface area contributed by atoms with Gasteiger partial charge in [-0.3, -0.25) is 0 Å². The van der Waals surface area contributed by atoms with Crippen molar-refractivity contribution in [3.8, 4) is 10.4 Å². The van der Waals surface area contributed by atoms with Crippen LogP contribution in [0.5, 0.6) is 0 Å². The molecule has 19 heavy (non-hydrogen) atoms. The predicted octanol–water partition coefficient (Wildman–Crippen LogP) is 5.31. The summed E-state index contributed by atoms with van der Waals surface area (Å²) in [5.74, 6) is 0. The monoisotopic (exact) mass is 267 g/mol. The maximum atomic E-state index is 4.40. The molecule has 0 N–H and O–H groups in total. The first-order valence-electron chi connectivity index (χ1n) is 6.80. The molecule has 1 aromatic carbocycles. The Morgan fingerprint density at radius 2 is 1.95 bits per heavy atom. The molecule has 0 atom stereocenters. The molecule has 3 rings (SSSR count). The largest absolute Gasteiger partial charge is 0.245 e. The van der Waals surface area contributed by atoms with E-state index in [9.17, 15) is 0 Å². The molecule has 3 aromatic rings. The van der Waals surface area contributed by atoms with Crippen LogP contribution >= 0.6 is 11.3 Å². The van der Waals surface area contributed by atoms with Crippen molar-refractivity contribution in [2.75, 3.05) is 0 Å². The molecular weight excluding hydrogens is 250 g/mol. The summed E-state index contributed by atoms with van der Waals surface area (Å²) >= 11 is 1.76. The fourth-order valence-corrected chi connectivity index (χ4v) is 3.24. The number of benzene rings is 1. The molecule has 2 heterocycles. The van der Waals surface area contributed by atoms with E-state index in [1.165, 1.54) is 40.7 Å². The third kappa shape index (κ3) is 2.69. The Morgan fingerprint density at radius 1 is 1.11 bits per heavy atom. The van der Waals surface area contributed by atoms with Crippen LogP contribution < -0.4 is 0 Å². The van der Waals surface area contributed by atoms with Crippen molar-refractivity contribution in [2.45, 2.75) is 26.2 Å². The third-order valence-electron chi connectivity index (χ3n) is 3.35. The number of aryl methyl sites for hydroxylation is 1. The summed E-state index contributed by atoms with van der Waals surface area (Å²) in [6.07, 6.45) is 5.57. The molecule has 0 unspecified atom stereocenters. The van der Waals surface area contributed by atoms with Crippen molar-refractivity contribution in [2.24, 2.45) is 0 Å². The molecular formula is C17H17NS. The van der Waals surface area contributed by atoms with Crippen LogP contribution in [-0.4, -0.2) is 4.98 Å². The van der Waals surface area contributed by atoms with Gasteiger partial charge in [-0.25, -0.2) is 4.98 Å². The predicted molar refractivity (Wildman–Crippen MR) is 83.7 cm³/mol. The highest BCUT2D eigenvalue weighted by Gasteiger charge is 2.04. The first-order valence-corrected chi connectivity index (χ1v) is 7.62. The molecule has 0 saturated heterocycles. The van der Waals surface area contributed by atoms with Gasteiger partial charge in [-0.2, -0.15) is 0 Å². The average Bonchev–Trinajstić information content (AvgIpc) is 2.89. The number of fused-ring (bicyclic) bond motifs is 1. The van der Waals surface area contributed by atoms with Crippen LogP contribution in [0.15, 0.2) is 48.7 Å². The van der Waals surface area contributed by atoms with Gasteiger partial charge in [0.05, 0.1) is 0 Å². The van der Waals surface area contributed by atoms with E-state index in [0.717, 1.165) is 4.83 Å². The van der Waals surface area contributed by atoms with Gasteiger partial charge in [0, 0.05) is 16.5 Å². The SMILES string of the molecule is CCCCc1ccc(-c2cc3cccnc3s2)cc1. The molecule has 2 aromatic heterocycles. The minimum atomic E-state index is 1.12. The van der Waals surface area contributed by atoms with Gasteiger partial charge in [-0.1, -0.05) is 43.7 Å². The van der Waals surface area contributed by atoms with Crippen LogP contribution in [0.2, 0.25) is 0 Å². The van der Waals surface area contributed by atoms with Gasteiger partial charge in [-0.05, 0) is 36.1 Å².